The highest BCUT2D eigenvalue weighted by atomic mass is 16.3. The number of rotatable bonds is 6. The quantitative estimate of drug-likeness (QED) is 0.551. The van der Waals surface area contributed by atoms with E-state index >= 15 is 0 Å². The van der Waals surface area contributed by atoms with E-state index in [-0.39, 0.29) is 5.91 Å². The molecular formula is C20H26N4O2. The van der Waals surface area contributed by atoms with E-state index in [2.05, 4.69) is 20.9 Å². The van der Waals surface area contributed by atoms with Crippen LogP contribution in [0.25, 0.3) is 0 Å². The zero-order valence-electron chi connectivity index (χ0n) is 15.1. The van der Waals surface area contributed by atoms with E-state index < -0.39 is 0 Å². The Bertz CT molecular complexity index is 734. The third-order valence-electron chi connectivity index (χ3n) is 4.57. The molecule has 0 spiro atoms. The monoisotopic (exact) mass is 354 g/mol. The van der Waals surface area contributed by atoms with Crippen molar-refractivity contribution in [3.05, 3.63) is 59.5 Å². The predicted octanol–water partition coefficient (Wildman–Crippen LogP) is 2.82. The van der Waals surface area contributed by atoms with Crippen molar-refractivity contribution >= 4 is 11.9 Å². The van der Waals surface area contributed by atoms with Gasteiger partial charge in [-0.05, 0) is 42.7 Å². The smallest absolute Gasteiger partial charge is 0.251 e. The SMILES string of the molecule is CN=C(NCc1cccc(C(=O)NCc2ccco2)c1)NC1CCCC1. The average molecular weight is 354 g/mol. The molecule has 1 heterocycles. The molecule has 1 saturated carbocycles. The van der Waals surface area contributed by atoms with Gasteiger partial charge in [-0.1, -0.05) is 25.0 Å². The Hall–Kier alpha value is -2.76. The molecule has 0 atom stereocenters. The first kappa shape index (κ1) is 18.0. The number of amides is 1. The number of nitrogens with one attached hydrogen (secondary N) is 3. The van der Waals surface area contributed by atoms with Crippen molar-refractivity contribution < 1.29 is 9.21 Å². The molecule has 6 heteroatoms. The van der Waals surface area contributed by atoms with Gasteiger partial charge >= 0.3 is 0 Å². The Morgan fingerprint density at radius 3 is 2.73 bits per heavy atom. The van der Waals surface area contributed by atoms with Gasteiger partial charge in [0.1, 0.15) is 5.76 Å². The van der Waals surface area contributed by atoms with Crippen molar-refractivity contribution in [1.82, 2.24) is 16.0 Å². The van der Waals surface area contributed by atoms with Gasteiger partial charge in [0, 0.05) is 25.2 Å². The molecule has 0 unspecified atom stereocenters. The van der Waals surface area contributed by atoms with Gasteiger partial charge in [-0.2, -0.15) is 0 Å². The molecule has 3 N–H and O–H groups in total. The molecule has 0 radical (unpaired) electrons. The van der Waals surface area contributed by atoms with Crippen LogP contribution in [-0.4, -0.2) is 25.0 Å². The minimum absolute atomic E-state index is 0.114. The van der Waals surface area contributed by atoms with E-state index in [0.717, 1.165) is 17.3 Å². The minimum Gasteiger partial charge on any atom is -0.467 e. The maximum atomic E-state index is 12.3. The molecule has 2 aromatic rings. The highest BCUT2D eigenvalue weighted by molar-refractivity contribution is 5.94. The molecule has 0 aliphatic heterocycles. The zero-order chi connectivity index (χ0) is 18.2. The number of hydrogen-bond acceptors (Lipinski definition) is 3. The normalized spacial score (nSPS) is 15.0. The number of hydrogen-bond donors (Lipinski definition) is 3. The first-order chi connectivity index (χ1) is 12.7. The van der Waals surface area contributed by atoms with Gasteiger partial charge in [0.05, 0.1) is 12.8 Å². The van der Waals surface area contributed by atoms with Crippen molar-refractivity contribution in [3.8, 4) is 0 Å². The first-order valence-corrected chi connectivity index (χ1v) is 9.11. The maximum Gasteiger partial charge on any atom is 0.251 e. The van der Waals surface area contributed by atoms with E-state index in [1.807, 2.05) is 30.3 Å². The van der Waals surface area contributed by atoms with E-state index in [9.17, 15) is 4.79 Å². The lowest BCUT2D eigenvalue weighted by molar-refractivity contribution is 0.0948. The lowest BCUT2D eigenvalue weighted by atomic mass is 10.1. The predicted molar refractivity (Wildman–Crippen MR) is 102 cm³/mol. The van der Waals surface area contributed by atoms with Crippen LogP contribution in [0.4, 0.5) is 0 Å². The van der Waals surface area contributed by atoms with Gasteiger partial charge in [0.15, 0.2) is 5.96 Å². The molecule has 1 aromatic heterocycles. The molecule has 1 fully saturated rings. The summed E-state index contributed by atoms with van der Waals surface area (Å²) < 4.78 is 5.23. The number of aliphatic imine (C=N–C) groups is 1. The fourth-order valence-corrected chi connectivity index (χ4v) is 3.15. The second-order valence-electron chi connectivity index (χ2n) is 6.51. The summed E-state index contributed by atoms with van der Waals surface area (Å²) in [6.45, 7) is 0.998. The summed E-state index contributed by atoms with van der Waals surface area (Å²) in [6.07, 6.45) is 6.56. The van der Waals surface area contributed by atoms with E-state index in [1.165, 1.54) is 25.7 Å². The van der Waals surface area contributed by atoms with Crippen LogP contribution in [0.3, 0.4) is 0 Å². The topological polar surface area (TPSA) is 78.7 Å². The summed E-state index contributed by atoms with van der Waals surface area (Å²) in [5, 5.41) is 9.65. The average Bonchev–Trinajstić information content (AvgIpc) is 3.37. The zero-order valence-corrected chi connectivity index (χ0v) is 15.1. The Labute approximate surface area is 154 Å². The number of carbonyl (C=O) groups excluding carboxylic acids is 1. The van der Waals surface area contributed by atoms with Gasteiger partial charge in [-0.25, -0.2) is 0 Å². The molecule has 1 amide bonds. The second kappa shape index (κ2) is 9.08. The van der Waals surface area contributed by atoms with Gasteiger partial charge in [0.2, 0.25) is 0 Å². The third kappa shape index (κ3) is 5.12. The number of nitrogens with zero attached hydrogens (tertiary/aromatic N) is 1. The molecular weight excluding hydrogens is 328 g/mol. The summed E-state index contributed by atoms with van der Waals surface area (Å²) >= 11 is 0. The summed E-state index contributed by atoms with van der Waals surface area (Å²) in [4.78, 5) is 16.6. The Morgan fingerprint density at radius 2 is 2.00 bits per heavy atom. The minimum atomic E-state index is -0.114. The molecule has 0 bridgehead atoms. The molecule has 1 aromatic carbocycles. The molecule has 3 rings (SSSR count). The Kier molecular flexibility index (Phi) is 6.30. The van der Waals surface area contributed by atoms with Gasteiger partial charge in [-0.3, -0.25) is 9.79 Å². The summed E-state index contributed by atoms with van der Waals surface area (Å²) in [5.74, 6) is 1.43. The summed E-state index contributed by atoms with van der Waals surface area (Å²) in [5.41, 5.74) is 1.67. The van der Waals surface area contributed by atoms with Crippen LogP contribution in [0.5, 0.6) is 0 Å². The van der Waals surface area contributed by atoms with Gasteiger partial charge < -0.3 is 20.4 Å². The summed E-state index contributed by atoms with van der Waals surface area (Å²) in [7, 11) is 1.78. The van der Waals surface area contributed by atoms with Crippen LogP contribution >= 0.6 is 0 Å². The number of guanidine groups is 1. The molecule has 0 saturated heterocycles. The van der Waals surface area contributed by atoms with Crippen LogP contribution in [0.15, 0.2) is 52.1 Å². The molecule has 1 aliphatic carbocycles. The Morgan fingerprint density at radius 1 is 1.15 bits per heavy atom. The van der Waals surface area contributed by atoms with Crippen molar-refractivity contribution in [3.63, 3.8) is 0 Å². The second-order valence-corrected chi connectivity index (χ2v) is 6.51. The first-order valence-electron chi connectivity index (χ1n) is 9.11. The van der Waals surface area contributed by atoms with Crippen molar-refractivity contribution in [2.24, 2.45) is 4.99 Å². The maximum absolute atomic E-state index is 12.3. The summed E-state index contributed by atoms with van der Waals surface area (Å²) in [6, 6.07) is 11.8. The van der Waals surface area contributed by atoms with Crippen LogP contribution < -0.4 is 16.0 Å². The van der Waals surface area contributed by atoms with Crippen LogP contribution in [-0.2, 0) is 13.1 Å². The lowest BCUT2D eigenvalue weighted by Crippen LogP contribution is -2.41. The Balaban J connectivity index is 1.52. The van der Waals surface area contributed by atoms with E-state index in [4.69, 9.17) is 4.42 Å². The van der Waals surface area contributed by atoms with Crippen molar-refractivity contribution in [2.75, 3.05) is 7.05 Å². The van der Waals surface area contributed by atoms with Crippen molar-refractivity contribution in [1.29, 1.82) is 0 Å². The standard InChI is InChI=1S/C20H26N4O2/c1-21-20(24-17-8-2-3-9-17)23-13-15-6-4-7-16(12-15)19(25)22-14-18-10-5-11-26-18/h4-7,10-12,17H,2-3,8-9,13-14H2,1H3,(H,22,25)(H2,21,23,24). The van der Waals surface area contributed by atoms with Gasteiger partial charge in [0.25, 0.3) is 5.91 Å². The van der Waals surface area contributed by atoms with Gasteiger partial charge in [-0.15, -0.1) is 0 Å². The number of benzene rings is 1. The fraction of sp³-hybridized carbons (Fsp3) is 0.400. The number of carbonyl (C=O) groups is 1. The van der Waals surface area contributed by atoms with Crippen LogP contribution in [0.2, 0.25) is 0 Å². The van der Waals surface area contributed by atoms with Crippen LogP contribution in [0, 0.1) is 0 Å². The molecule has 6 nitrogen and oxygen atoms in total. The lowest BCUT2D eigenvalue weighted by Gasteiger charge is -2.17. The highest BCUT2D eigenvalue weighted by Gasteiger charge is 2.15. The fourth-order valence-electron chi connectivity index (χ4n) is 3.15. The van der Waals surface area contributed by atoms with Crippen LogP contribution in [0.1, 0.15) is 47.4 Å². The largest absolute Gasteiger partial charge is 0.467 e. The molecule has 1 aliphatic rings. The number of furan rings is 1. The highest BCUT2D eigenvalue weighted by Crippen LogP contribution is 2.17. The van der Waals surface area contributed by atoms with E-state index in [1.54, 1.807) is 19.4 Å². The third-order valence-corrected chi connectivity index (χ3v) is 4.57. The molecule has 138 valence electrons. The molecule has 26 heavy (non-hydrogen) atoms. The van der Waals surface area contributed by atoms with E-state index in [0.29, 0.717) is 24.7 Å². The van der Waals surface area contributed by atoms with Crippen molar-refractivity contribution in [2.45, 2.75) is 44.8 Å².